The maximum atomic E-state index is 5.37. The van der Waals surface area contributed by atoms with Crippen LogP contribution in [0.4, 0.5) is 0 Å². The topological polar surface area (TPSA) is 60.2 Å². The summed E-state index contributed by atoms with van der Waals surface area (Å²) in [5, 5.41) is 7.55. The van der Waals surface area contributed by atoms with Gasteiger partial charge in [-0.15, -0.1) is 0 Å². The third-order valence-electron chi connectivity index (χ3n) is 3.41. The van der Waals surface area contributed by atoms with Gasteiger partial charge in [-0.3, -0.25) is 0 Å². The van der Waals surface area contributed by atoms with Gasteiger partial charge in [0.05, 0.1) is 5.92 Å². The molecule has 1 heterocycles. The molecule has 1 aromatic heterocycles. The average Bonchev–Trinajstić information content (AvgIpc) is 3.02. The molecule has 0 bridgehead atoms. The molecule has 1 aliphatic rings. The minimum absolute atomic E-state index is 0.374. The molecule has 1 saturated carbocycles. The minimum atomic E-state index is 0.374. The highest BCUT2D eigenvalue weighted by molar-refractivity contribution is 5.02. The van der Waals surface area contributed by atoms with Crippen molar-refractivity contribution in [2.24, 2.45) is 0 Å². The molecule has 18 heavy (non-hydrogen) atoms. The molecule has 1 aliphatic carbocycles. The zero-order valence-electron chi connectivity index (χ0n) is 11.3. The fourth-order valence-corrected chi connectivity index (χ4v) is 2.50. The second kappa shape index (κ2) is 6.85. The van der Waals surface area contributed by atoms with Gasteiger partial charge in [-0.1, -0.05) is 18.5 Å². The third kappa shape index (κ3) is 3.29. The average molecular weight is 253 g/mol. The zero-order valence-corrected chi connectivity index (χ0v) is 11.3. The van der Waals surface area contributed by atoms with Gasteiger partial charge in [0.25, 0.3) is 0 Å². The van der Waals surface area contributed by atoms with E-state index >= 15 is 0 Å². The molecule has 5 nitrogen and oxygen atoms in total. The fourth-order valence-electron chi connectivity index (χ4n) is 2.50. The lowest BCUT2D eigenvalue weighted by Crippen LogP contribution is -2.31. The number of rotatable bonds is 7. The van der Waals surface area contributed by atoms with Crippen LogP contribution in [0.25, 0.3) is 0 Å². The van der Waals surface area contributed by atoms with Gasteiger partial charge in [-0.25, -0.2) is 0 Å². The van der Waals surface area contributed by atoms with E-state index in [1.165, 1.54) is 12.8 Å². The lowest BCUT2D eigenvalue weighted by atomic mass is 10.0. The van der Waals surface area contributed by atoms with Gasteiger partial charge >= 0.3 is 0 Å². The van der Waals surface area contributed by atoms with Crippen LogP contribution in [0.3, 0.4) is 0 Å². The van der Waals surface area contributed by atoms with E-state index in [-0.39, 0.29) is 0 Å². The monoisotopic (exact) mass is 253 g/mol. The number of nitrogens with one attached hydrogen (secondary N) is 1. The van der Waals surface area contributed by atoms with Crippen molar-refractivity contribution >= 4 is 0 Å². The molecule has 0 amide bonds. The molecular formula is C13H23N3O2. The molecule has 0 aliphatic heterocycles. The van der Waals surface area contributed by atoms with Crippen molar-refractivity contribution in [2.45, 2.75) is 58.1 Å². The van der Waals surface area contributed by atoms with Crippen LogP contribution in [0.5, 0.6) is 0 Å². The van der Waals surface area contributed by atoms with E-state index in [1.54, 1.807) is 0 Å². The first-order chi connectivity index (χ1) is 8.85. The predicted octanol–water partition coefficient (Wildman–Crippen LogP) is 2.24. The molecule has 0 aromatic carbocycles. The van der Waals surface area contributed by atoms with Crippen molar-refractivity contribution in [1.82, 2.24) is 15.5 Å². The zero-order chi connectivity index (χ0) is 12.8. The van der Waals surface area contributed by atoms with Gasteiger partial charge in [0.2, 0.25) is 5.89 Å². The summed E-state index contributed by atoms with van der Waals surface area (Å²) in [6, 6.07) is 0.491. The van der Waals surface area contributed by atoms with Crippen LogP contribution < -0.4 is 5.32 Å². The van der Waals surface area contributed by atoms with E-state index in [9.17, 15) is 0 Å². The summed E-state index contributed by atoms with van der Waals surface area (Å²) >= 11 is 0. The van der Waals surface area contributed by atoms with Gasteiger partial charge in [0.1, 0.15) is 6.61 Å². The Labute approximate surface area is 108 Å². The Hall–Kier alpha value is -0.940. The summed E-state index contributed by atoms with van der Waals surface area (Å²) in [6.07, 6.45) is 4.73. The van der Waals surface area contributed by atoms with E-state index in [2.05, 4.69) is 22.4 Å². The van der Waals surface area contributed by atoms with Crippen molar-refractivity contribution in [3.05, 3.63) is 11.7 Å². The maximum Gasteiger partial charge on any atom is 0.231 e. The molecule has 2 atom stereocenters. The molecule has 1 fully saturated rings. The van der Waals surface area contributed by atoms with E-state index in [4.69, 9.17) is 9.26 Å². The van der Waals surface area contributed by atoms with Crippen molar-refractivity contribution in [2.75, 3.05) is 13.2 Å². The number of aromatic nitrogens is 2. The molecule has 1 aromatic rings. The number of ether oxygens (including phenoxy) is 1. The highest BCUT2D eigenvalue weighted by Crippen LogP contribution is 2.33. The van der Waals surface area contributed by atoms with Gasteiger partial charge in [0, 0.05) is 12.6 Å². The smallest absolute Gasteiger partial charge is 0.231 e. The molecule has 1 N–H and O–H groups in total. The fraction of sp³-hybridized carbons (Fsp3) is 0.846. The van der Waals surface area contributed by atoms with Crippen molar-refractivity contribution in [3.8, 4) is 0 Å². The first kappa shape index (κ1) is 13.5. The summed E-state index contributed by atoms with van der Waals surface area (Å²) in [5.41, 5.74) is 0. The Morgan fingerprint density at radius 3 is 3.06 bits per heavy atom. The summed E-state index contributed by atoms with van der Waals surface area (Å²) in [7, 11) is 0. The maximum absolute atomic E-state index is 5.37. The number of hydrogen-bond acceptors (Lipinski definition) is 5. The third-order valence-corrected chi connectivity index (χ3v) is 3.41. The molecule has 2 rings (SSSR count). The number of hydrogen-bond donors (Lipinski definition) is 1. The summed E-state index contributed by atoms with van der Waals surface area (Å²) in [4.78, 5) is 4.45. The quantitative estimate of drug-likeness (QED) is 0.807. The lowest BCUT2D eigenvalue weighted by Gasteiger charge is -2.17. The molecule has 0 spiro atoms. The molecular weight excluding hydrogens is 230 g/mol. The predicted molar refractivity (Wildman–Crippen MR) is 68.3 cm³/mol. The normalized spacial score (nSPS) is 23.7. The molecule has 0 saturated heterocycles. The molecule has 102 valence electrons. The molecule has 0 radical (unpaired) electrons. The van der Waals surface area contributed by atoms with Crippen molar-refractivity contribution in [3.63, 3.8) is 0 Å². The van der Waals surface area contributed by atoms with Crippen LogP contribution >= 0.6 is 0 Å². The van der Waals surface area contributed by atoms with Crippen molar-refractivity contribution < 1.29 is 9.26 Å². The Kier molecular flexibility index (Phi) is 5.13. The highest BCUT2D eigenvalue weighted by Gasteiger charge is 2.32. The second-order valence-corrected chi connectivity index (χ2v) is 4.78. The lowest BCUT2D eigenvalue weighted by molar-refractivity contribution is 0.126. The minimum Gasteiger partial charge on any atom is -0.374 e. The Morgan fingerprint density at radius 1 is 1.39 bits per heavy atom. The molecule has 5 heteroatoms. The summed E-state index contributed by atoms with van der Waals surface area (Å²) in [6.45, 7) is 6.32. The Balaban J connectivity index is 1.94. The van der Waals surface area contributed by atoms with E-state index < -0.39 is 0 Å². The Morgan fingerprint density at radius 2 is 2.28 bits per heavy atom. The van der Waals surface area contributed by atoms with Crippen LogP contribution in [0.1, 0.15) is 57.2 Å². The largest absolute Gasteiger partial charge is 0.374 e. The van der Waals surface area contributed by atoms with Crippen LogP contribution in [-0.4, -0.2) is 29.3 Å². The van der Waals surface area contributed by atoms with Gasteiger partial charge in [0.15, 0.2) is 5.82 Å². The van der Waals surface area contributed by atoms with Crippen LogP contribution in [0, 0.1) is 0 Å². The van der Waals surface area contributed by atoms with Gasteiger partial charge < -0.3 is 14.6 Å². The Bertz CT molecular complexity index is 354. The standard InChI is InChI=1S/C13H23N3O2/c1-3-8-14-11-7-5-6-10(11)13-15-12(16-18-13)9-17-4-2/h10-11,14H,3-9H2,1-2H3. The van der Waals surface area contributed by atoms with Gasteiger partial charge in [-0.2, -0.15) is 4.98 Å². The van der Waals surface area contributed by atoms with Crippen LogP contribution in [0.15, 0.2) is 4.52 Å². The van der Waals surface area contributed by atoms with E-state index in [1.807, 2.05) is 6.92 Å². The number of nitrogens with zero attached hydrogens (tertiary/aromatic N) is 2. The van der Waals surface area contributed by atoms with Crippen LogP contribution in [0.2, 0.25) is 0 Å². The first-order valence-electron chi connectivity index (χ1n) is 6.98. The molecule has 2 unspecified atom stereocenters. The van der Waals surface area contributed by atoms with Crippen LogP contribution in [-0.2, 0) is 11.3 Å². The van der Waals surface area contributed by atoms with Crippen molar-refractivity contribution in [1.29, 1.82) is 0 Å². The second-order valence-electron chi connectivity index (χ2n) is 4.78. The first-order valence-corrected chi connectivity index (χ1v) is 6.98. The highest BCUT2D eigenvalue weighted by atomic mass is 16.5. The SMILES string of the molecule is CCCNC1CCCC1c1nc(COCC)no1. The van der Waals surface area contributed by atoms with Gasteiger partial charge in [-0.05, 0) is 32.7 Å². The van der Waals surface area contributed by atoms with E-state index in [0.717, 1.165) is 25.3 Å². The van der Waals surface area contributed by atoms with E-state index in [0.29, 0.717) is 31.0 Å². The summed E-state index contributed by atoms with van der Waals surface area (Å²) in [5.74, 6) is 1.81. The summed E-state index contributed by atoms with van der Waals surface area (Å²) < 4.78 is 10.7.